The SMILES string of the molecule is c1cnc2nc(CN3CCc4cncnc4C3)[nH]c2c1. The lowest BCUT2D eigenvalue weighted by Gasteiger charge is -2.26. The molecule has 0 radical (unpaired) electrons. The highest BCUT2D eigenvalue weighted by atomic mass is 15.2. The number of aromatic amines is 1. The summed E-state index contributed by atoms with van der Waals surface area (Å²) < 4.78 is 0. The Kier molecular flexibility index (Phi) is 2.67. The molecule has 0 aromatic carbocycles. The Hall–Kier alpha value is -2.34. The molecule has 0 spiro atoms. The Morgan fingerprint density at radius 2 is 2.30 bits per heavy atom. The van der Waals surface area contributed by atoms with Crippen molar-refractivity contribution < 1.29 is 0 Å². The third kappa shape index (κ3) is 2.04. The second-order valence-electron chi connectivity index (χ2n) is 5.01. The van der Waals surface area contributed by atoms with Gasteiger partial charge in [0.05, 0.1) is 17.8 Å². The van der Waals surface area contributed by atoms with Crippen LogP contribution in [0.2, 0.25) is 0 Å². The van der Waals surface area contributed by atoms with E-state index in [-0.39, 0.29) is 0 Å². The van der Waals surface area contributed by atoms with Crippen molar-refractivity contribution >= 4 is 11.2 Å². The molecule has 100 valence electrons. The summed E-state index contributed by atoms with van der Waals surface area (Å²) >= 11 is 0. The standard InChI is InChI=1S/C14H14N6/c1-2-11-14(16-4-1)19-13(18-11)8-20-5-3-10-6-15-9-17-12(10)7-20/h1-2,4,6,9H,3,5,7-8H2,(H,16,18,19). The minimum Gasteiger partial charge on any atom is -0.340 e. The number of aromatic nitrogens is 5. The van der Waals surface area contributed by atoms with Crippen LogP contribution in [0.15, 0.2) is 30.9 Å². The zero-order valence-corrected chi connectivity index (χ0v) is 11.0. The summed E-state index contributed by atoms with van der Waals surface area (Å²) in [5.74, 6) is 0.955. The van der Waals surface area contributed by atoms with Crippen LogP contribution >= 0.6 is 0 Å². The van der Waals surface area contributed by atoms with E-state index in [1.807, 2.05) is 18.3 Å². The summed E-state index contributed by atoms with van der Waals surface area (Å²) in [6.45, 7) is 2.65. The fourth-order valence-electron chi connectivity index (χ4n) is 2.62. The molecular weight excluding hydrogens is 252 g/mol. The normalized spacial score (nSPS) is 15.4. The highest BCUT2D eigenvalue weighted by Gasteiger charge is 2.18. The molecule has 3 aromatic rings. The monoisotopic (exact) mass is 266 g/mol. The van der Waals surface area contributed by atoms with Gasteiger partial charge in [-0.25, -0.2) is 19.9 Å². The maximum absolute atomic E-state index is 4.52. The lowest BCUT2D eigenvalue weighted by molar-refractivity contribution is 0.236. The van der Waals surface area contributed by atoms with Crippen LogP contribution in [0.3, 0.4) is 0 Å². The molecule has 0 bridgehead atoms. The first kappa shape index (κ1) is 11.5. The minimum absolute atomic E-state index is 0.780. The second-order valence-corrected chi connectivity index (χ2v) is 5.01. The van der Waals surface area contributed by atoms with E-state index >= 15 is 0 Å². The Bertz CT molecular complexity index is 717. The molecule has 20 heavy (non-hydrogen) atoms. The quantitative estimate of drug-likeness (QED) is 0.757. The van der Waals surface area contributed by atoms with Gasteiger partial charge in [-0.3, -0.25) is 4.90 Å². The Balaban J connectivity index is 1.55. The van der Waals surface area contributed by atoms with Gasteiger partial charge in [-0.05, 0) is 24.1 Å². The van der Waals surface area contributed by atoms with Crippen molar-refractivity contribution in [1.82, 2.24) is 29.8 Å². The van der Waals surface area contributed by atoms with E-state index in [0.717, 1.165) is 48.7 Å². The Morgan fingerprint density at radius 1 is 1.30 bits per heavy atom. The van der Waals surface area contributed by atoms with Gasteiger partial charge in [0, 0.05) is 25.5 Å². The number of hydrogen-bond donors (Lipinski definition) is 1. The molecule has 0 fully saturated rings. The van der Waals surface area contributed by atoms with Crippen LogP contribution < -0.4 is 0 Å². The van der Waals surface area contributed by atoms with Gasteiger partial charge in [0.2, 0.25) is 0 Å². The smallest absolute Gasteiger partial charge is 0.177 e. The summed E-state index contributed by atoms with van der Waals surface area (Å²) in [5.41, 5.74) is 4.15. The van der Waals surface area contributed by atoms with E-state index in [0.29, 0.717) is 0 Å². The molecular formula is C14H14N6. The van der Waals surface area contributed by atoms with Gasteiger partial charge in [0.25, 0.3) is 0 Å². The lowest BCUT2D eigenvalue weighted by Crippen LogP contribution is -2.31. The van der Waals surface area contributed by atoms with Crippen LogP contribution in [0, 0.1) is 0 Å². The molecule has 6 heteroatoms. The van der Waals surface area contributed by atoms with E-state index in [4.69, 9.17) is 0 Å². The van der Waals surface area contributed by atoms with Gasteiger partial charge in [0.1, 0.15) is 12.2 Å². The molecule has 0 aliphatic carbocycles. The van der Waals surface area contributed by atoms with Gasteiger partial charge in [0.15, 0.2) is 5.65 Å². The first-order valence-electron chi connectivity index (χ1n) is 6.68. The lowest BCUT2D eigenvalue weighted by atomic mass is 10.1. The fourth-order valence-corrected chi connectivity index (χ4v) is 2.62. The van der Waals surface area contributed by atoms with Crippen molar-refractivity contribution in [2.75, 3.05) is 6.54 Å². The predicted molar refractivity (Wildman–Crippen MR) is 73.7 cm³/mol. The summed E-state index contributed by atoms with van der Waals surface area (Å²) in [6, 6.07) is 3.91. The maximum atomic E-state index is 4.52. The summed E-state index contributed by atoms with van der Waals surface area (Å²) in [4.78, 5) is 22.9. The second kappa shape index (κ2) is 4.64. The third-order valence-electron chi connectivity index (χ3n) is 3.63. The molecule has 0 saturated carbocycles. The van der Waals surface area contributed by atoms with Gasteiger partial charge in [-0.15, -0.1) is 0 Å². The number of pyridine rings is 1. The number of rotatable bonds is 2. The zero-order valence-electron chi connectivity index (χ0n) is 11.0. The first-order valence-corrected chi connectivity index (χ1v) is 6.68. The van der Waals surface area contributed by atoms with Gasteiger partial charge in [-0.2, -0.15) is 0 Å². The Labute approximate surface area is 115 Å². The first-order chi connectivity index (χ1) is 9.88. The number of hydrogen-bond acceptors (Lipinski definition) is 5. The van der Waals surface area contributed by atoms with Crippen LogP contribution in [-0.2, 0) is 19.5 Å². The van der Waals surface area contributed by atoms with Crippen LogP contribution in [0.5, 0.6) is 0 Å². The van der Waals surface area contributed by atoms with E-state index in [1.54, 1.807) is 12.5 Å². The molecule has 1 N–H and O–H groups in total. The largest absolute Gasteiger partial charge is 0.340 e. The fraction of sp³-hybridized carbons (Fsp3) is 0.286. The summed E-state index contributed by atoms with van der Waals surface area (Å²) in [7, 11) is 0. The number of imidazole rings is 1. The van der Waals surface area contributed by atoms with E-state index in [9.17, 15) is 0 Å². The molecule has 0 atom stereocenters. The molecule has 3 aromatic heterocycles. The molecule has 0 saturated heterocycles. The molecule has 0 amide bonds. The zero-order chi connectivity index (χ0) is 13.4. The number of nitrogens with one attached hydrogen (secondary N) is 1. The molecule has 1 aliphatic heterocycles. The third-order valence-corrected chi connectivity index (χ3v) is 3.63. The maximum Gasteiger partial charge on any atom is 0.177 e. The average molecular weight is 266 g/mol. The van der Waals surface area contributed by atoms with Crippen LogP contribution in [0.1, 0.15) is 17.1 Å². The van der Waals surface area contributed by atoms with Crippen molar-refractivity contribution in [2.24, 2.45) is 0 Å². The molecule has 6 nitrogen and oxygen atoms in total. The summed E-state index contributed by atoms with van der Waals surface area (Å²) in [6.07, 6.45) is 6.30. The molecule has 4 rings (SSSR count). The van der Waals surface area contributed by atoms with E-state index in [2.05, 4.69) is 29.8 Å². The van der Waals surface area contributed by atoms with E-state index < -0.39 is 0 Å². The number of H-pyrrole nitrogens is 1. The topological polar surface area (TPSA) is 70.6 Å². The highest BCUT2D eigenvalue weighted by Crippen LogP contribution is 2.17. The molecule has 1 aliphatic rings. The van der Waals surface area contributed by atoms with Crippen molar-refractivity contribution in [2.45, 2.75) is 19.5 Å². The predicted octanol–water partition coefficient (Wildman–Crippen LogP) is 1.31. The average Bonchev–Trinajstić information content (AvgIpc) is 2.89. The van der Waals surface area contributed by atoms with Crippen molar-refractivity contribution in [3.63, 3.8) is 0 Å². The van der Waals surface area contributed by atoms with Crippen LogP contribution in [-0.4, -0.2) is 36.4 Å². The van der Waals surface area contributed by atoms with Gasteiger partial charge < -0.3 is 4.98 Å². The minimum atomic E-state index is 0.780. The number of nitrogens with zero attached hydrogens (tertiary/aromatic N) is 5. The highest BCUT2D eigenvalue weighted by molar-refractivity contribution is 5.69. The van der Waals surface area contributed by atoms with Crippen molar-refractivity contribution in [1.29, 1.82) is 0 Å². The van der Waals surface area contributed by atoms with Crippen molar-refractivity contribution in [3.05, 3.63) is 47.9 Å². The van der Waals surface area contributed by atoms with Gasteiger partial charge >= 0.3 is 0 Å². The molecule has 4 heterocycles. The Morgan fingerprint density at radius 3 is 3.25 bits per heavy atom. The van der Waals surface area contributed by atoms with Crippen LogP contribution in [0.25, 0.3) is 11.2 Å². The van der Waals surface area contributed by atoms with Crippen LogP contribution in [0.4, 0.5) is 0 Å². The molecule has 0 unspecified atom stereocenters. The van der Waals surface area contributed by atoms with Gasteiger partial charge in [-0.1, -0.05) is 0 Å². The summed E-state index contributed by atoms with van der Waals surface area (Å²) in [5, 5.41) is 0. The number of fused-ring (bicyclic) bond motifs is 2. The van der Waals surface area contributed by atoms with Crippen molar-refractivity contribution in [3.8, 4) is 0 Å². The van der Waals surface area contributed by atoms with E-state index in [1.165, 1.54) is 5.56 Å².